The number of pyridine rings is 1. The molecule has 1 aromatic carbocycles. The first-order valence-corrected chi connectivity index (χ1v) is 17.0. The van der Waals surface area contributed by atoms with E-state index in [0.717, 1.165) is 30.0 Å². The molecule has 7 rings (SSSR count). The average molecular weight is 657 g/mol. The molecular formula is C31H34F2N6O4S2. The van der Waals surface area contributed by atoms with Crippen LogP contribution < -0.4 is 4.90 Å². The van der Waals surface area contributed by atoms with Gasteiger partial charge in [-0.25, -0.2) is 14.6 Å². The third-order valence-corrected chi connectivity index (χ3v) is 10.1. The van der Waals surface area contributed by atoms with E-state index in [2.05, 4.69) is 5.10 Å². The smallest absolute Gasteiger partial charge is 0.296 e. The van der Waals surface area contributed by atoms with Crippen LogP contribution in [-0.4, -0.2) is 86.3 Å². The minimum Gasteiger partial charge on any atom is -0.390 e. The fourth-order valence-corrected chi connectivity index (χ4v) is 8.08. The number of aromatic nitrogens is 5. The zero-order chi connectivity index (χ0) is 31.5. The van der Waals surface area contributed by atoms with Crippen molar-refractivity contribution < 1.29 is 28.5 Å². The molecule has 0 amide bonds. The number of ether oxygens (including phenoxy) is 2. The number of hydrogen-bond acceptors (Lipinski definition) is 11. The van der Waals surface area contributed by atoms with Gasteiger partial charge in [0.25, 0.3) is 5.92 Å². The quantitative estimate of drug-likeness (QED) is 0.175. The van der Waals surface area contributed by atoms with E-state index in [1.165, 1.54) is 23.1 Å². The average Bonchev–Trinajstić information content (AvgIpc) is 3.57. The van der Waals surface area contributed by atoms with Crippen molar-refractivity contribution in [3.05, 3.63) is 35.7 Å². The van der Waals surface area contributed by atoms with Gasteiger partial charge in [-0.05, 0) is 57.1 Å². The van der Waals surface area contributed by atoms with E-state index >= 15 is 8.78 Å². The first-order valence-electron chi connectivity index (χ1n) is 14.9. The summed E-state index contributed by atoms with van der Waals surface area (Å²) in [5, 5.41) is 28.1. The predicted molar refractivity (Wildman–Crippen MR) is 171 cm³/mol. The summed E-state index contributed by atoms with van der Waals surface area (Å²) in [6.45, 7) is 4.07. The van der Waals surface area contributed by atoms with Crippen LogP contribution in [-0.2, 0) is 15.4 Å². The monoisotopic (exact) mass is 656 g/mol. The molecule has 238 valence electrons. The van der Waals surface area contributed by atoms with Gasteiger partial charge in [0.2, 0.25) is 0 Å². The summed E-state index contributed by atoms with van der Waals surface area (Å²) in [5.41, 5.74) is 0.213. The highest BCUT2D eigenvalue weighted by Crippen LogP contribution is 2.48. The Hall–Kier alpha value is -3.01. The molecule has 14 heteroatoms. The summed E-state index contributed by atoms with van der Waals surface area (Å²) in [6.07, 6.45) is 7.55. The number of hydrogen-bond donors (Lipinski definition) is 2. The molecule has 2 aliphatic heterocycles. The van der Waals surface area contributed by atoms with E-state index in [4.69, 9.17) is 24.4 Å². The lowest BCUT2D eigenvalue weighted by molar-refractivity contribution is -0.0555. The molecule has 10 nitrogen and oxygen atoms in total. The SMILES string of the molecule is CSc1nc(N2CCOC[C@](C)(O)C2)c2c(n1)sc1c(-c3c(C(F)(F)CO)c(C)cc4c3cnn4C3CCCCO3)nccc12. The lowest BCUT2D eigenvalue weighted by Gasteiger charge is -2.28. The molecule has 4 aromatic heterocycles. The molecule has 0 bridgehead atoms. The van der Waals surface area contributed by atoms with Gasteiger partial charge in [0.15, 0.2) is 11.4 Å². The minimum absolute atomic E-state index is 0.205. The van der Waals surface area contributed by atoms with Crippen LogP contribution in [0.2, 0.25) is 0 Å². The number of benzene rings is 1. The van der Waals surface area contributed by atoms with Crippen molar-refractivity contribution >= 4 is 60.1 Å². The number of aryl methyl sites for hydroxylation is 1. The zero-order valence-corrected chi connectivity index (χ0v) is 26.9. The number of aliphatic hydroxyl groups is 2. The van der Waals surface area contributed by atoms with Gasteiger partial charge in [-0.15, -0.1) is 11.3 Å². The first-order chi connectivity index (χ1) is 21.6. The third-order valence-electron chi connectivity index (χ3n) is 8.47. The highest BCUT2D eigenvalue weighted by atomic mass is 32.2. The van der Waals surface area contributed by atoms with Gasteiger partial charge in [-0.2, -0.15) is 13.9 Å². The van der Waals surface area contributed by atoms with Gasteiger partial charge in [0.05, 0.1) is 47.3 Å². The van der Waals surface area contributed by atoms with Crippen molar-refractivity contribution in [2.45, 2.75) is 56.0 Å². The van der Waals surface area contributed by atoms with Crippen LogP contribution >= 0.6 is 23.1 Å². The third kappa shape index (κ3) is 5.34. The fraction of sp³-hybridized carbons (Fsp3) is 0.484. The maximum atomic E-state index is 15.7. The normalized spacial score (nSPS) is 21.7. The summed E-state index contributed by atoms with van der Waals surface area (Å²) in [5.74, 6) is -2.89. The second-order valence-corrected chi connectivity index (χ2v) is 13.7. The number of β-amino-alcohol motifs (C(OH)–C–C–N with tert-alkyl or cyclic N) is 1. The van der Waals surface area contributed by atoms with Crippen LogP contribution in [0.1, 0.15) is 43.5 Å². The molecule has 1 unspecified atom stereocenters. The molecule has 0 aliphatic carbocycles. The van der Waals surface area contributed by atoms with Crippen LogP contribution in [0.4, 0.5) is 14.6 Å². The van der Waals surface area contributed by atoms with E-state index in [1.807, 2.05) is 17.2 Å². The molecule has 2 atom stereocenters. The maximum absolute atomic E-state index is 15.7. The van der Waals surface area contributed by atoms with Gasteiger partial charge in [0.1, 0.15) is 22.9 Å². The summed E-state index contributed by atoms with van der Waals surface area (Å²) in [4.78, 5) is 17.1. The lowest BCUT2D eigenvalue weighted by atomic mass is 9.91. The zero-order valence-electron chi connectivity index (χ0n) is 25.2. The molecule has 2 fully saturated rings. The number of fused-ring (bicyclic) bond motifs is 4. The second kappa shape index (κ2) is 11.7. The molecule has 0 saturated carbocycles. The lowest BCUT2D eigenvalue weighted by Crippen LogP contribution is -2.42. The molecular weight excluding hydrogens is 623 g/mol. The molecule has 45 heavy (non-hydrogen) atoms. The van der Waals surface area contributed by atoms with E-state index in [-0.39, 0.29) is 24.0 Å². The molecule has 0 radical (unpaired) electrons. The van der Waals surface area contributed by atoms with Crippen LogP contribution in [0.3, 0.4) is 0 Å². The van der Waals surface area contributed by atoms with E-state index in [9.17, 15) is 10.2 Å². The van der Waals surface area contributed by atoms with Crippen molar-refractivity contribution in [3.63, 3.8) is 0 Å². The summed E-state index contributed by atoms with van der Waals surface area (Å²) < 4.78 is 45.5. The van der Waals surface area contributed by atoms with Gasteiger partial charge in [-0.3, -0.25) is 4.98 Å². The number of aliphatic hydroxyl groups excluding tert-OH is 1. The van der Waals surface area contributed by atoms with Gasteiger partial charge >= 0.3 is 0 Å². The van der Waals surface area contributed by atoms with Gasteiger partial charge < -0.3 is 24.6 Å². The highest BCUT2D eigenvalue weighted by Gasteiger charge is 2.38. The Labute approximate surface area is 266 Å². The molecule has 2 N–H and O–H groups in total. The Kier molecular flexibility index (Phi) is 7.94. The number of rotatable bonds is 6. The van der Waals surface area contributed by atoms with Crippen molar-refractivity contribution in [2.75, 3.05) is 50.7 Å². The Morgan fingerprint density at radius 3 is 2.82 bits per heavy atom. The van der Waals surface area contributed by atoms with Crippen LogP contribution in [0, 0.1) is 6.92 Å². The van der Waals surface area contributed by atoms with E-state index in [0.29, 0.717) is 69.0 Å². The Morgan fingerprint density at radius 2 is 2.07 bits per heavy atom. The molecule has 6 heterocycles. The maximum Gasteiger partial charge on any atom is 0.296 e. The van der Waals surface area contributed by atoms with Crippen molar-refractivity contribution in [3.8, 4) is 11.3 Å². The van der Waals surface area contributed by atoms with Gasteiger partial charge in [-0.1, -0.05) is 11.8 Å². The van der Waals surface area contributed by atoms with Crippen molar-refractivity contribution in [2.24, 2.45) is 0 Å². The predicted octanol–water partition coefficient (Wildman–Crippen LogP) is 5.66. The van der Waals surface area contributed by atoms with Crippen LogP contribution in [0.5, 0.6) is 0 Å². The largest absolute Gasteiger partial charge is 0.390 e. The summed E-state index contributed by atoms with van der Waals surface area (Å²) in [6, 6.07) is 3.56. The topological polar surface area (TPSA) is 119 Å². The highest BCUT2D eigenvalue weighted by molar-refractivity contribution is 7.98. The number of nitrogens with zero attached hydrogens (tertiary/aromatic N) is 6. The van der Waals surface area contributed by atoms with Crippen LogP contribution in [0.25, 0.3) is 42.5 Å². The molecule has 2 aliphatic rings. The standard InChI is InChI=1S/C31H34F2N6O4S2/c1-17-12-20-19(13-35-39(20)21-6-4-5-10-43-21)22(24(17)31(32,33)15-40)25-26-18(7-8-34-25)23-27(36-29(44-3)37-28(23)45-26)38-9-11-42-16-30(2,41)14-38/h7-8,12-13,21,40-41H,4-6,9-11,14-16H2,1-3H3/t21?,30-/m1/s1. The Balaban J connectivity index is 1.51. The van der Waals surface area contributed by atoms with Crippen molar-refractivity contribution in [1.82, 2.24) is 24.7 Å². The number of anilines is 1. The second-order valence-electron chi connectivity index (χ2n) is 12.0. The Morgan fingerprint density at radius 1 is 1.22 bits per heavy atom. The molecule has 2 saturated heterocycles. The number of alkyl halides is 2. The summed E-state index contributed by atoms with van der Waals surface area (Å²) >= 11 is 2.77. The number of halogens is 2. The Bertz CT molecular complexity index is 1910. The van der Waals surface area contributed by atoms with Crippen LogP contribution in [0.15, 0.2) is 29.7 Å². The minimum atomic E-state index is -3.54. The van der Waals surface area contributed by atoms with E-state index in [1.54, 1.807) is 37.0 Å². The van der Waals surface area contributed by atoms with Gasteiger partial charge in [0, 0.05) is 41.2 Å². The molecule has 5 aromatic rings. The van der Waals surface area contributed by atoms with Crippen molar-refractivity contribution in [1.29, 1.82) is 0 Å². The molecule has 0 spiro atoms. The van der Waals surface area contributed by atoms with E-state index < -0.39 is 18.1 Å². The first kappa shape index (κ1) is 30.6. The number of thiophene rings is 1. The number of thioether (sulfide) groups is 1. The fourth-order valence-electron chi connectivity index (χ4n) is 6.51. The summed E-state index contributed by atoms with van der Waals surface area (Å²) in [7, 11) is 0.